The molecule has 1 aliphatic carbocycles. The van der Waals surface area contributed by atoms with Gasteiger partial charge in [0.15, 0.2) is 0 Å². The molecule has 2 unspecified atom stereocenters. The van der Waals surface area contributed by atoms with Gasteiger partial charge in [-0.05, 0) is 47.3 Å². The second-order valence-electron chi connectivity index (χ2n) is 6.27. The summed E-state index contributed by atoms with van der Waals surface area (Å²) in [4.78, 5) is 21.3. The van der Waals surface area contributed by atoms with Crippen molar-refractivity contribution in [1.29, 1.82) is 0 Å². The van der Waals surface area contributed by atoms with Gasteiger partial charge >= 0.3 is 0 Å². The van der Waals surface area contributed by atoms with Crippen LogP contribution in [0.2, 0.25) is 0 Å². The molecule has 1 aromatic rings. The summed E-state index contributed by atoms with van der Waals surface area (Å²) < 4.78 is 0.985. The molecule has 2 heterocycles. The molecular formula is C16H23BrN4O. The molecule has 2 fully saturated rings. The SMILES string of the molecule is NC1CCCC(C(=O)N2CCN(c3ccc(Br)cn3)CC2)C1. The van der Waals surface area contributed by atoms with Crippen LogP contribution in [0.15, 0.2) is 22.8 Å². The molecule has 2 N–H and O–H groups in total. The number of halogens is 1. The Labute approximate surface area is 140 Å². The molecule has 0 aromatic carbocycles. The van der Waals surface area contributed by atoms with Crippen molar-refractivity contribution in [3.8, 4) is 0 Å². The monoisotopic (exact) mass is 366 g/mol. The van der Waals surface area contributed by atoms with Crippen molar-refractivity contribution in [2.75, 3.05) is 31.1 Å². The highest BCUT2D eigenvalue weighted by Gasteiger charge is 2.30. The molecule has 0 bridgehead atoms. The minimum Gasteiger partial charge on any atom is -0.353 e. The maximum atomic E-state index is 12.6. The summed E-state index contributed by atoms with van der Waals surface area (Å²) >= 11 is 3.40. The largest absolute Gasteiger partial charge is 0.353 e. The van der Waals surface area contributed by atoms with Crippen molar-refractivity contribution in [3.05, 3.63) is 22.8 Å². The van der Waals surface area contributed by atoms with Gasteiger partial charge in [-0.15, -0.1) is 0 Å². The highest BCUT2D eigenvalue weighted by Crippen LogP contribution is 2.26. The molecule has 120 valence electrons. The molecule has 2 aliphatic rings. The minimum absolute atomic E-state index is 0.140. The molecule has 22 heavy (non-hydrogen) atoms. The zero-order valence-corrected chi connectivity index (χ0v) is 14.3. The smallest absolute Gasteiger partial charge is 0.225 e. The number of aromatic nitrogens is 1. The average Bonchev–Trinajstić information content (AvgIpc) is 2.55. The van der Waals surface area contributed by atoms with E-state index in [0.717, 1.165) is 62.2 Å². The summed E-state index contributed by atoms with van der Waals surface area (Å²) in [5.41, 5.74) is 6.01. The summed E-state index contributed by atoms with van der Waals surface area (Å²) in [7, 11) is 0. The van der Waals surface area contributed by atoms with Crippen LogP contribution >= 0.6 is 15.9 Å². The minimum atomic E-state index is 0.140. The van der Waals surface area contributed by atoms with Crippen molar-refractivity contribution in [2.24, 2.45) is 11.7 Å². The predicted molar refractivity (Wildman–Crippen MR) is 90.7 cm³/mol. The standard InChI is InChI=1S/C16H23BrN4O/c17-13-4-5-15(19-11-13)20-6-8-21(9-7-20)16(22)12-2-1-3-14(18)10-12/h4-5,11-12,14H,1-3,6-10,18H2. The Morgan fingerprint density at radius 1 is 1.23 bits per heavy atom. The number of hydrogen-bond acceptors (Lipinski definition) is 4. The van der Waals surface area contributed by atoms with E-state index in [1.54, 1.807) is 0 Å². The van der Waals surface area contributed by atoms with E-state index in [0.29, 0.717) is 5.91 Å². The number of pyridine rings is 1. The summed E-state index contributed by atoms with van der Waals surface area (Å²) in [6, 6.07) is 4.22. The van der Waals surface area contributed by atoms with Crippen LogP contribution in [-0.4, -0.2) is 48.0 Å². The van der Waals surface area contributed by atoms with Crippen molar-refractivity contribution in [2.45, 2.75) is 31.7 Å². The third-order valence-corrected chi connectivity index (χ3v) is 5.16. The fourth-order valence-corrected chi connectivity index (χ4v) is 3.66. The third kappa shape index (κ3) is 3.60. The first-order chi connectivity index (χ1) is 10.6. The number of carbonyl (C=O) groups is 1. The number of piperazine rings is 1. The predicted octanol–water partition coefficient (Wildman–Crippen LogP) is 2.01. The van der Waals surface area contributed by atoms with Crippen LogP contribution in [0.1, 0.15) is 25.7 Å². The first-order valence-corrected chi connectivity index (χ1v) is 8.83. The lowest BCUT2D eigenvalue weighted by molar-refractivity contribution is -0.137. The number of carbonyl (C=O) groups excluding carboxylic acids is 1. The van der Waals surface area contributed by atoms with Crippen LogP contribution in [0.4, 0.5) is 5.82 Å². The first kappa shape index (κ1) is 15.7. The maximum absolute atomic E-state index is 12.6. The van der Waals surface area contributed by atoms with Crippen LogP contribution < -0.4 is 10.6 Å². The Hall–Kier alpha value is -1.14. The van der Waals surface area contributed by atoms with Gasteiger partial charge in [-0.3, -0.25) is 4.79 Å². The lowest BCUT2D eigenvalue weighted by Crippen LogP contribution is -2.51. The van der Waals surface area contributed by atoms with Gasteiger partial charge in [-0.2, -0.15) is 0 Å². The molecule has 5 nitrogen and oxygen atoms in total. The number of hydrogen-bond donors (Lipinski definition) is 1. The number of rotatable bonds is 2. The molecule has 0 radical (unpaired) electrons. The van der Waals surface area contributed by atoms with E-state index in [2.05, 4.69) is 25.8 Å². The van der Waals surface area contributed by atoms with Gasteiger partial charge in [0.25, 0.3) is 0 Å². The molecule has 1 saturated carbocycles. The Morgan fingerprint density at radius 3 is 2.64 bits per heavy atom. The molecule has 6 heteroatoms. The Kier molecular flexibility index (Phi) is 4.98. The van der Waals surface area contributed by atoms with Crippen molar-refractivity contribution in [1.82, 2.24) is 9.88 Å². The Balaban J connectivity index is 1.55. The number of nitrogens with zero attached hydrogens (tertiary/aromatic N) is 3. The fraction of sp³-hybridized carbons (Fsp3) is 0.625. The van der Waals surface area contributed by atoms with E-state index in [9.17, 15) is 4.79 Å². The van der Waals surface area contributed by atoms with Gasteiger partial charge in [0.05, 0.1) is 0 Å². The number of amides is 1. The number of anilines is 1. The number of nitrogens with two attached hydrogens (primary N) is 1. The molecular weight excluding hydrogens is 344 g/mol. The summed E-state index contributed by atoms with van der Waals surface area (Å²) in [6.45, 7) is 3.25. The van der Waals surface area contributed by atoms with Crippen molar-refractivity contribution in [3.63, 3.8) is 0 Å². The Morgan fingerprint density at radius 2 is 2.00 bits per heavy atom. The van der Waals surface area contributed by atoms with Gasteiger partial charge in [0.1, 0.15) is 5.82 Å². The quantitative estimate of drug-likeness (QED) is 0.869. The van der Waals surface area contributed by atoms with E-state index in [-0.39, 0.29) is 12.0 Å². The zero-order chi connectivity index (χ0) is 15.5. The molecule has 1 aliphatic heterocycles. The average molecular weight is 367 g/mol. The van der Waals surface area contributed by atoms with Gasteiger partial charge in [0.2, 0.25) is 5.91 Å². The molecule has 1 aromatic heterocycles. The van der Waals surface area contributed by atoms with Crippen molar-refractivity contribution < 1.29 is 4.79 Å². The maximum Gasteiger partial charge on any atom is 0.225 e. The van der Waals surface area contributed by atoms with Gasteiger partial charge in [-0.25, -0.2) is 4.98 Å². The summed E-state index contributed by atoms with van der Waals surface area (Å²) in [5.74, 6) is 1.43. The first-order valence-electron chi connectivity index (χ1n) is 8.04. The van der Waals surface area contributed by atoms with E-state index in [4.69, 9.17) is 5.73 Å². The van der Waals surface area contributed by atoms with Crippen LogP contribution in [0, 0.1) is 5.92 Å². The van der Waals surface area contributed by atoms with E-state index in [1.165, 1.54) is 0 Å². The second-order valence-corrected chi connectivity index (χ2v) is 7.19. The van der Waals surface area contributed by atoms with Gasteiger partial charge < -0.3 is 15.5 Å². The van der Waals surface area contributed by atoms with Gasteiger partial charge in [-0.1, -0.05) is 6.42 Å². The highest BCUT2D eigenvalue weighted by atomic mass is 79.9. The van der Waals surface area contributed by atoms with E-state index in [1.807, 2.05) is 23.2 Å². The zero-order valence-electron chi connectivity index (χ0n) is 12.7. The lowest BCUT2D eigenvalue weighted by Gasteiger charge is -2.38. The molecule has 0 spiro atoms. The molecule has 2 atom stereocenters. The van der Waals surface area contributed by atoms with Crippen LogP contribution in [0.25, 0.3) is 0 Å². The van der Waals surface area contributed by atoms with Crippen LogP contribution in [0.5, 0.6) is 0 Å². The summed E-state index contributed by atoms with van der Waals surface area (Å²) in [6.07, 6.45) is 5.82. The van der Waals surface area contributed by atoms with Crippen LogP contribution in [-0.2, 0) is 4.79 Å². The highest BCUT2D eigenvalue weighted by molar-refractivity contribution is 9.10. The van der Waals surface area contributed by atoms with Crippen molar-refractivity contribution >= 4 is 27.7 Å². The van der Waals surface area contributed by atoms with E-state index < -0.39 is 0 Å². The molecule has 3 rings (SSSR count). The van der Waals surface area contributed by atoms with Crippen LogP contribution in [0.3, 0.4) is 0 Å². The van der Waals surface area contributed by atoms with E-state index >= 15 is 0 Å². The topological polar surface area (TPSA) is 62.5 Å². The lowest BCUT2D eigenvalue weighted by atomic mass is 9.85. The Bertz CT molecular complexity index is 513. The molecule has 1 saturated heterocycles. The normalized spacial score (nSPS) is 26.1. The van der Waals surface area contributed by atoms with Gasteiger partial charge in [0, 0.05) is 48.8 Å². The molecule has 1 amide bonds. The third-order valence-electron chi connectivity index (χ3n) is 4.69. The second kappa shape index (κ2) is 6.96. The fourth-order valence-electron chi connectivity index (χ4n) is 3.42. The summed E-state index contributed by atoms with van der Waals surface area (Å²) in [5, 5.41) is 0.